The Balaban J connectivity index is 2.00. The Morgan fingerprint density at radius 3 is 2.70 bits per heavy atom. The number of allylic oxidation sites excluding steroid dienone is 3. The van der Waals surface area contributed by atoms with Gasteiger partial charge in [-0.25, -0.2) is 9.78 Å². The van der Waals surface area contributed by atoms with Gasteiger partial charge in [-0.2, -0.15) is 0 Å². The molecule has 0 bridgehead atoms. The highest BCUT2D eigenvalue weighted by molar-refractivity contribution is 6.01. The van der Waals surface area contributed by atoms with Crippen LogP contribution in [0.3, 0.4) is 0 Å². The molecule has 8 heteroatoms. The molecule has 0 aliphatic heterocycles. The van der Waals surface area contributed by atoms with E-state index in [4.69, 9.17) is 4.74 Å². The molecule has 0 radical (unpaired) electrons. The highest BCUT2D eigenvalue weighted by Gasteiger charge is 2.33. The van der Waals surface area contributed by atoms with E-state index in [2.05, 4.69) is 21.9 Å². The van der Waals surface area contributed by atoms with Crippen molar-refractivity contribution < 1.29 is 24.5 Å². The van der Waals surface area contributed by atoms with Crippen LogP contribution in [0.5, 0.6) is 11.5 Å². The molecule has 1 amide bonds. The number of ether oxygens (including phenoxy) is 1. The first-order valence-electron chi connectivity index (χ1n) is 10.9. The first kappa shape index (κ1) is 24.1. The molecule has 1 aromatic carbocycles. The Labute approximate surface area is 193 Å². The normalized spacial score (nSPS) is 18.8. The molecule has 8 nitrogen and oxygen atoms in total. The number of hydrogen-bond donors (Lipinski definition) is 4. The monoisotopic (exact) mass is 453 g/mol. The SMILES string of the molecule is C=C(C)C1CCC(C)=CC1c1c(O)cc(C)c(C(=O)N[C@@H](Cc2cnc[nH]2)C(=O)OC)c1O. The van der Waals surface area contributed by atoms with Gasteiger partial charge in [-0.1, -0.05) is 23.8 Å². The predicted octanol–water partition coefficient (Wildman–Crippen LogP) is 3.66. The van der Waals surface area contributed by atoms with E-state index in [1.807, 2.05) is 19.9 Å². The number of rotatable bonds is 7. The van der Waals surface area contributed by atoms with Gasteiger partial charge in [-0.15, -0.1) is 0 Å². The topological polar surface area (TPSA) is 125 Å². The van der Waals surface area contributed by atoms with Gasteiger partial charge in [0.15, 0.2) is 0 Å². The number of esters is 1. The van der Waals surface area contributed by atoms with Crippen molar-refractivity contribution in [2.24, 2.45) is 5.92 Å². The third kappa shape index (κ3) is 5.10. The molecular weight excluding hydrogens is 422 g/mol. The van der Waals surface area contributed by atoms with Crippen molar-refractivity contribution in [2.75, 3.05) is 7.11 Å². The lowest BCUT2D eigenvalue weighted by Crippen LogP contribution is -2.43. The van der Waals surface area contributed by atoms with Crippen molar-refractivity contribution in [3.05, 3.63) is 64.8 Å². The smallest absolute Gasteiger partial charge is 0.328 e. The molecule has 0 fully saturated rings. The van der Waals surface area contributed by atoms with Crippen LogP contribution < -0.4 is 5.32 Å². The third-order valence-electron chi connectivity index (χ3n) is 6.23. The highest BCUT2D eigenvalue weighted by Crippen LogP contribution is 2.47. The number of phenolic OH excluding ortho intramolecular Hbond substituents is 2. The Kier molecular flexibility index (Phi) is 7.26. The first-order chi connectivity index (χ1) is 15.6. The molecule has 3 rings (SSSR count). The molecule has 1 aliphatic carbocycles. The van der Waals surface area contributed by atoms with E-state index in [9.17, 15) is 19.8 Å². The number of carbonyl (C=O) groups is 2. The van der Waals surface area contributed by atoms with Crippen molar-refractivity contribution in [1.82, 2.24) is 15.3 Å². The second-order valence-corrected chi connectivity index (χ2v) is 8.71. The van der Waals surface area contributed by atoms with E-state index in [0.717, 1.165) is 24.0 Å². The number of aryl methyl sites for hydroxylation is 1. The molecule has 0 saturated heterocycles. The minimum atomic E-state index is -0.987. The lowest BCUT2D eigenvalue weighted by Gasteiger charge is -2.32. The van der Waals surface area contributed by atoms with Crippen molar-refractivity contribution in [1.29, 1.82) is 0 Å². The van der Waals surface area contributed by atoms with Crippen molar-refractivity contribution >= 4 is 11.9 Å². The number of nitrogens with zero attached hydrogens (tertiary/aromatic N) is 1. The molecule has 2 unspecified atom stereocenters. The van der Waals surface area contributed by atoms with Gasteiger partial charge in [0, 0.05) is 29.8 Å². The molecule has 1 aliphatic rings. The Bertz CT molecular complexity index is 1090. The van der Waals surface area contributed by atoms with Crippen molar-refractivity contribution in [3.8, 4) is 11.5 Å². The number of aromatic nitrogens is 2. The summed E-state index contributed by atoms with van der Waals surface area (Å²) in [6.07, 6.45) is 6.94. The number of phenols is 2. The van der Waals surface area contributed by atoms with Gasteiger partial charge >= 0.3 is 5.97 Å². The van der Waals surface area contributed by atoms with Gasteiger partial charge in [-0.3, -0.25) is 4.79 Å². The summed E-state index contributed by atoms with van der Waals surface area (Å²) in [5.41, 5.74) is 3.43. The van der Waals surface area contributed by atoms with Gasteiger partial charge < -0.3 is 25.3 Å². The molecular formula is C25H31N3O5. The summed E-state index contributed by atoms with van der Waals surface area (Å²) in [5, 5.41) is 24.6. The maximum Gasteiger partial charge on any atom is 0.328 e. The quantitative estimate of drug-likeness (QED) is 0.375. The fourth-order valence-corrected chi connectivity index (χ4v) is 4.50. The lowest BCUT2D eigenvalue weighted by molar-refractivity contribution is -0.142. The average molecular weight is 454 g/mol. The zero-order valence-electron chi connectivity index (χ0n) is 19.4. The number of hydrogen-bond acceptors (Lipinski definition) is 6. The third-order valence-corrected chi connectivity index (χ3v) is 6.23. The number of aromatic amines is 1. The van der Waals surface area contributed by atoms with Crippen molar-refractivity contribution in [3.63, 3.8) is 0 Å². The number of nitrogens with one attached hydrogen (secondary N) is 2. The van der Waals surface area contributed by atoms with Gasteiger partial charge in [0.2, 0.25) is 0 Å². The summed E-state index contributed by atoms with van der Waals surface area (Å²) in [6.45, 7) is 9.65. The van der Waals surface area contributed by atoms with E-state index in [1.165, 1.54) is 19.5 Å². The summed E-state index contributed by atoms with van der Waals surface area (Å²) < 4.78 is 4.84. The Hall–Kier alpha value is -3.55. The summed E-state index contributed by atoms with van der Waals surface area (Å²) in [7, 11) is 1.24. The van der Waals surface area contributed by atoms with E-state index in [1.54, 1.807) is 13.1 Å². The molecule has 33 heavy (non-hydrogen) atoms. The summed E-state index contributed by atoms with van der Waals surface area (Å²) in [5.74, 6) is -1.92. The van der Waals surface area contributed by atoms with E-state index < -0.39 is 17.9 Å². The van der Waals surface area contributed by atoms with Crippen LogP contribution in [0.15, 0.2) is 42.4 Å². The lowest BCUT2D eigenvalue weighted by atomic mass is 9.73. The Morgan fingerprint density at radius 1 is 1.36 bits per heavy atom. The van der Waals surface area contributed by atoms with Gasteiger partial charge in [0.05, 0.1) is 19.0 Å². The van der Waals surface area contributed by atoms with Crippen LogP contribution in [0.25, 0.3) is 0 Å². The van der Waals surface area contributed by atoms with Crippen LogP contribution in [0, 0.1) is 12.8 Å². The molecule has 0 spiro atoms. The maximum atomic E-state index is 13.3. The van der Waals surface area contributed by atoms with Crippen LogP contribution in [0.1, 0.15) is 59.8 Å². The number of benzene rings is 1. The van der Waals surface area contributed by atoms with Crippen LogP contribution in [-0.2, 0) is 16.0 Å². The van der Waals surface area contributed by atoms with Crippen molar-refractivity contribution in [2.45, 2.75) is 52.0 Å². The van der Waals surface area contributed by atoms with Crippen LogP contribution in [0.2, 0.25) is 0 Å². The molecule has 1 aromatic heterocycles. The zero-order chi connectivity index (χ0) is 24.3. The van der Waals surface area contributed by atoms with Gasteiger partial charge in [-0.05, 0) is 51.2 Å². The molecule has 1 heterocycles. The molecule has 2 aromatic rings. The molecule has 3 atom stereocenters. The number of imidazole rings is 1. The maximum absolute atomic E-state index is 13.3. The number of aromatic hydroxyl groups is 2. The van der Waals surface area contributed by atoms with E-state index >= 15 is 0 Å². The zero-order valence-corrected chi connectivity index (χ0v) is 19.4. The van der Waals surface area contributed by atoms with E-state index in [-0.39, 0.29) is 35.3 Å². The highest BCUT2D eigenvalue weighted by atomic mass is 16.5. The number of amides is 1. The number of H-pyrrole nitrogens is 1. The number of methoxy groups -OCH3 is 1. The molecule has 4 N–H and O–H groups in total. The summed E-state index contributed by atoms with van der Waals surface area (Å²) in [4.78, 5) is 32.4. The predicted molar refractivity (Wildman–Crippen MR) is 124 cm³/mol. The summed E-state index contributed by atoms with van der Waals surface area (Å²) >= 11 is 0. The first-order valence-corrected chi connectivity index (χ1v) is 10.9. The van der Waals surface area contributed by atoms with Gasteiger partial charge in [0.1, 0.15) is 17.5 Å². The molecule has 0 saturated carbocycles. The number of carbonyl (C=O) groups excluding carboxylic acids is 2. The van der Waals surface area contributed by atoms with Crippen LogP contribution in [-0.4, -0.2) is 45.2 Å². The fraction of sp³-hybridized carbons (Fsp3) is 0.400. The second-order valence-electron chi connectivity index (χ2n) is 8.71. The Morgan fingerprint density at radius 2 is 2.09 bits per heavy atom. The second kappa shape index (κ2) is 9.94. The van der Waals surface area contributed by atoms with E-state index in [0.29, 0.717) is 16.8 Å². The van der Waals surface area contributed by atoms with Gasteiger partial charge in [0.25, 0.3) is 5.91 Å². The average Bonchev–Trinajstić information content (AvgIpc) is 3.25. The standard InChI is InChI=1S/C25H31N3O5/c1-13(2)17-7-6-14(3)8-18(17)22-20(29)9-15(4)21(23(22)30)24(31)28-19(25(32)33-5)10-16-11-26-12-27-16/h8-9,11-12,17-19,29-30H,1,6-7,10H2,2-5H3,(H,26,27)(H,28,31)/t17?,18?,19-/m0/s1. The molecule has 176 valence electrons. The summed E-state index contributed by atoms with van der Waals surface area (Å²) in [6, 6.07) is 0.484. The van der Waals surface area contributed by atoms with Crippen LogP contribution in [0.4, 0.5) is 0 Å². The minimum Gasteiger partial charge on any atom is -0.507 e. The largest absolute Gasteiger partial charge is 0.507 e. The minimum absolute atomic E-state index is 0.0124. The van der Waals surface area contributed by atoms with Crippen LogP contribution >= 0.6 is 0 Å². The fourth-order valence-electron chi connectivity index (χ4n) is 4.50.